The van der Waals surface area contributed by atoms with Crippen molar-refractivity contribution < 1.29 is 51.3 Å². The van der Waals surface area contributed by atoms with Crippen molar-refractivity contribution in [2.75, 3.05) is 11.4 Å². The van der Waals surface area contributed by atoms with Gasteiger partial charge < -0.3 is 19.9 Å². The van der Waals surface area contributed by atoms with Crippen molar-refractivity contribution in [3.63, 3.8) is 0 Å². The summed E-state index contributed by atoms with van der Waals surface area (Å²) < 4.78 is 67.0. The number of Topliss-reactive ketones (excluding diaryl/α,β-unsaturated/α-hetero) is 1. The van der Waals surface area contributed by atoms with Crippen molar-refractivity contribution in [1.29, 1.82) is 0 Å². The van der Waals surface area contributed by atoms with Gasteiger partial charge in [-0.2, -0.15) is 13.2 Å². The lowest BCUT2D eigenvalue weighted by molar-refractivity contribution is -0.171. The molecule has 1 atom stereocenters. The molecule has 1 aliphatic carbocycles. The number of carboxylic acid groups (broad SMARTS) is 1. The van der Waals surface area contributed by atoms with Crippen LogP contribution in [0.15, 0.2) is 36.4 Å². The average molecular weight is 554 g/mol. The van der Waals surface area contributed by atoms with Gasteiger partial charge in [0.2, 0.25) is 0 Å². The van der Waals surface area contributed by atoms with Gasteiger partial charge in [-0.25, -0.2) is 9.18 Å². The van der Waals surface area contributed by atoms with Crippen LogP contribution in [0.1, 0.15) is 37.5 Å². The standard InChI is InChI=1S/C26H26F4N2O7/c1-25(2,3)39-24(37)31-17-11-16-15(9-18(17)33)10-19(38-13-14-7-5-4-6-8-14)22(21(16)27)32(12-20(34)35)23(36)26(28,29)30/h4-8,10,17H,9,11-13H2,1-3H3,(H,31,37)(H,34,35)/t17-/m0/s1. The summed E-state index contributed by atoms with van der Waals surface area (Å²) in [6.07, 6.45) is -7.40. The van der Waals surface area contributed by atoms with Gasteiger partial charge in [-0.05, 0) is 43.5 Å². The lowest BCUT2D eigenvalue weighted by Crippen LogP contribution is -2.48. The van der Waals surface area contributed by atoms with Crippen LogP contribution in [0.25, 0.3) is 0 Å². The van der Waals surface area contributed by atoms with E-state index in [1.165, 1.54) is 0 Å². The second kappa shape index (κ2) is 11.3. The minimum absolute atomic E-state index is 0.0567. The van der Waals surface area contributed by atoms with Gasteiger partial charge in [-0.3, -0.25) is 19.3 Å². The number of ketones is 1. The predicted molar refractivity (Wildman–Crippen MR) is 129 cm³/mol. The van der Waals surface area contributed by atoms with E-state index in [-0.39, 0.29) is 22.6 Å². The van der Waals surface area contributed by atoms with Gasteiger partial charge in [0.25, 0.3) is 0 Å². The molecule has 2 aromatic rings. The Morgan fingerprint density at radius 3 is 2.33 bits per heavy atom. The van der Waals surface area contributed by atoms with Crippen LogP contribution in [-0.4, -0.2) is 53.2 Å². The summed E-state index contributed by atoms with van der Waals surface area (Å²) in [4.78, 5) is 48.3. The number of nitrogens with zero attached hydrogens (tertiary/aromatic N) is 1. The van der Waals surface area contributed by atoms with E-state index in [0.29, 0.717) is 5.56 Å². The molecule has 13 heteroatoms. The molecule has 0 spiro atoms. The lowest BCUT2D eigenvalue weighted by Gasteiger charge is -2.30. The molecule has 0 aliphatic heterocycles. The smallest absolute Gasteiger partial charge is 0.471 e. The number of aliphatic carboxylic acids is 1. The molecule has 39 heavy (non-hydrogen) atoms. The number of alkyl halides is 3. The van der Waals surface area contributed by atoms with Gasteiger partial charge in [0.15, 0.2) is 11.6 Å². The number of halogens is 4. The monoisotopic (exact) mass is 554 g/mol. The number of anilines is 1. The number of benzene rings is 2. The van der Waals surface area contributed by atoms with Crippen LogP contribution >= 0.6 is 0 Å². The minimum atomic E-state index is -5.54. The highest BCUT2D eigenvalue weighted by atomic mass is 19.4. The van der Waals surface area contributed by atoms with E-state index in [0.717, 1.165) is 6.07 Å². The SMILES string of the molecule is CC(C)(C)OC(=O)N[C@H]1Cc2c(cc(OCc3ccccc3)c(N(CC(=O)O)C(=O)C(F)(F)F)c2F)CC1=O. The number of alkyl carbamates (subject to hydrolysis) is 1. The molecule has 0 heterocycles. The molecule has 2 N–H and O–H groups in total. The molecule has 2 aromatic carbocycles. The molecule has 210 valence electrons. The molecule has 3 rings (SSSR count). The van der Waals surface area contributed by atoms with Crippen molar-refractivity contribution in [2.24, 2.45) is 0 Å². The second-order valence-corrected chi connectivity index (χ2v) is 9.78. The van der Waals surface area contributed by atoms with E-state index in [4.69, 9.17) is 9.47 Å². The van der Waals surface area contributed by atoms with Crippen molar-refractivity contribution in [3.05, 3.63) is 58.9 Å². The number of carbonyl (C=O) groups excluding carboxylic acids is 3. The zero-order chi connectivity index (χ0) is 29.1. The van der Waals surface area contributed by atoms with Gasteiger partial charge in [-0.1, -0.05) is 30.3 Å². The van der Waals surface area contributed by atoms with Crippen LogP contribution < -0.4 is 15.0 Å². The number of hydrogen-bond acceptors (Lipinski definition) is 6. The fourth-order valence-corrected chi connectivity index (χ4v) is 3.93. The highest BCUT2D eigenvalue weighted by Gasteiger charge is 2.46. The summed E-state index contributed by atoms with van der Waals surface area (Å²) in [6, 6.07) is 8.11. The van der Waals surface area contributed by atoms with Gasteiger partial charge in [0, 0.05) is 12.8 Å². The van der Waals surface area contributed by atoms with E-state index in [1.807, 2.05) is 0 Å². The summed E-state index contributed by atoms with van der Waals surface area (Å²) in [6.45, 7) is 2.98. The fourth-order valence-electron chi connectivity index (χ4n) is 3.93. The Morgan fingerprint density at radius 1 is 1.13 bits per heavy atom. The summed E-state index contributed by atoms with van der Waals surface area (Å²) in [5.74, 6) is -6.91. The number of rotatable bonds is 7. The van der Waals surface area contributed by atoms with Crippen LogP contribution in [-0.2, 0) is 38.6 Å². The number of carboxylic acids is 1. The topological polar surface area (TPSA) is 122 Å². The van der Waals surface area contributed by atoms with Crippen LogP contribution in [0.3, 0.4) is 0 Å². The molecule has 0 bridgehead atoms. The highest BCUT2D eigenvalue weighted by molar-refractivity contribution is 6.02. The molecule has 0 aromatic heterocycles. The molecular weight excluding hydrogens is 528 g/mol. The molecule has 0 radical (unpaired) electrons. The van der Waals surface area contributed by atoms with Gasteiger partial charge >= 0.3 is 24.1 Å². The van der Waals surface area contributed by atoms with E-state index in [2.05, 4.69) is 5.32 Å². The molecule has 0 fully saturated rings. The first-order valence-corrected chi connectivity index (χ1v) is 11.7. The van der Waals surface area contributed by atoms with Crippen molar-refractivity contribution in [1.82, 2.24) is 5.32 Å². The number of ether oxygens (including phenoxy) is 2. The van der Waals surface area contributed by atoms with Crippen molar-refractivity contribution in [3.8, 4) is 5.75 Å². The molecule has 0 unspecified atom stereocenters. The van der Waals surface area contributed by atoms with E-state index >= 15 is 4.39 Å². The maximum absolute atomic E-state index is 16.0. The molecule has 0 saturated carbocycles. The first-order valence-electron chi connectivity index (χ1n) is 11.7. The Bertz CT molecular complexity index is 1270. The van der Waals surface area contributed by atoms with Crippen LogP contribution in [0.2, 0.25) is 0 Å². The van der Waals surface area contributed by atoms with Gasteiger partial charge in [0.1, 0.15) is 30.2 Å². The Balaban J connectivity index is 2.09. The van der Waals surface area contributed by atoms with Gasteiger partial charge in [0.05, 0.1) is 6.04 Å². The number of nitrogens with one attached hydrogen (secondary N) is 1. The quantitative estimate of drug-likeness (QED) is 0.497. The Kier molecular flexibility index (Phi) is 8.51. The third-order valence-electron chi connectivity index (χ3n) is 5.54. The van der Waals surface area contributed by atoms with E-state index in [9.17, 15) is 37.5 Å². The molecule has 0 saturated heterocycles. The van der Waals surface area contributed by atoms with Crippen LogP contribution in [0.4, 0.5) is 28.0 Å². The minimum Gasteiger partial charge on any atom is -0.487 e. The number of hydrogen-bond donors (Lipinski definition) is 2. The maximum atomic E-state index is 16.0. The van der Waals surface area contributed by atoms with Crippen molar-refractivity contribution >= 4 is 29.4 Å². The molecule has 2 amide bonds. The largest absolute Gasteiger partial charge is 0.487 e. The third kappa shape index (κ3) is 7.45. The average Bonchev–Trinajstić information content (AvgIpc) is 2.81. The van der Waals surface area contributed by atoms with E-state index in [1.54, 1.807) is 51.1 Å². The maximum Gasteiger partial charge on any atom is 0.471 e. The summed E-state index contributed by atoms with van der Waals surface area (Å²) in [7, 11) is 0. The number of fused-ring (bicyclic) bond motifs is 1. The van der Waals surface area contributed by atoms with Crippen molar-refractivity contribution in [2.45, 2.75) is 58.0 Å². The Morgan fingerprint density at radius 2 is 1.77 bits per heavy atom. The molecule has 9 nitrogen and oxygen atoms in total. The summed E-state index contributed by atoms with van der Waals surface area (Å²) >= 11 is 0. The predicted octanol–water partition coefficient (Wildman–Crippen LogP) is 3.95. The number of carbonyl (C=O) groups is 4. The first-order chi connectivity index (χ1) is 18.1. The normalized spacial score (nSPS) is 15.3. The zero-order valence-electron chi connectivity index (χ0n) is 21.2. The summed E-state index contributed by atoms with van der Waals surface area (Å²) in [5, 5.41) is 11.5. The van der Waals surface area contributed by atoms with Gasteiger partial charge in [-0.15, -0.1) is 0 Å². The number of amides is 2. The molecular formula is C26H26F4N2O7. The fraction of sp³-hybridized carbons (Fsp3) is 0.385. The summed E-state index contributed by atoms with van der Waals surface area (Å²) in [5.41, 5.74) is -1.62. The zero-order valence-corrected chi connectivity index (χ0v) is 21.2. The lowest BCUT2D eigenvalue weighted by atomic mass is 9.86. The first kappa shape index (κ1) is 29.4. The van der Waals surface area contributed by atoms with Crippen LogP contribution in [0, 0.1) is 5.82 Å². The third-order valence-corrected chi connectivity index (χ3v) is 5.54. The highest BCUT2D eigenvalue weighted by Crippen LogP contribution is 2.40. The van der Waals surface area contributed by atoms with E-state index < -0.39 is 78.2 Å². The Hall–Kier alpha value is -4.16. The Labute approximate surface area is 220 Å². The second-order valence-electron chi connectivity index (χ2n) is 9.78. The molecule has 1 aliphatic rings. The van der Waals surface area contributed by atoms with Crippen LogP contribution in [0.5, 0.6) is 5.75 Å².